The first-order valence-electron chi connectivity index (χ1n) is 10.8. The van der Waals surface area contributed by atoms with Crippen LogP contribution in [0.4, 0.5) is 0 Å². The number of hydrogen-bond donors (Lipinski definition) is 4. The molecule has 1 unspecified atom stereocenters. The predicted molar refractivity (Wildman–Crippen MR) is 112 cm³/mol. The first kappa shape index (κ1) is 26.8. The van der Waals surface area contributed by atoms with E-state index in [9.17, 15) is 34.8 Å². The van der Waals surface area contributed by atoms with E-state index >= 15 is 0 Å². The van der Waals surface area contributed by atoms with Crippen LogP contribution in [0.1, 0.15) is 38.2 Å². The number of pyridine rings is 1. The van der Waals surface area contributed by atoms with E-state index in [4.69, 9.17) is 14.2 Å². The van der Waals surface area contributed by atoms with E-state index in [0.29, 0.717) is 5.56 Å². The summed E-state index contributed by atoms with van der Waals surface area (Å²) in [5, 5.41) is 39.4. The zero-order valence-electron chi connectivity index (χ0n) is 18.6. The fourth-order valence-electron chi connectivity index (χ4n) is 3.81. The molecule has 0 bridgehead atoms. The summed E-state index contributed by atoms with van der Waals surface area (Å²) < 4.78 is 15.5. The number of ketones is 1. The second-order valence-corrected chi connectivity index (χ2v) is 7.69. The largest absolute Gasteiger partial charge is 0.465 e. The summed E-state index contributed by atoms with van der Waals surface area (Å²) in [4.78, 5) is 42.3. The second kappa shape index (κ2) is 12.7. The number of carbonyl (C=O) groups is 3. The van der Waals surface area contributed by atoms with Gasteiger partial charge >= 0.3 is 11.9 Å². The molecule has 1 fully saturated rings. The fourth-order valence-corrected chi connectivity index (χ4v) is 3.81. The Kier molecular flexibility index (Phi) is 10.3. The molecule has 1 aromatic heterocycles. The van der Waals surface area contributed by atoms with Crippen molar-refractivity contribution in [2.45, 2.75) is 63.1 Å². The summed E-state index contributed by atoms with van der Waals surface area (Å²) >= 11 is 0. The molecule has 1 saturated heterocycles. The Labute approximate surface area is 191 Å². The van der Waals surface area contributed by atoms with Crippen LogP contribution in [0.15, 0.2) is 24.5 Å². The molecule has 0 aromatic carbocycles. The number of aromatic nitrogens is 1. The van der Waals surface area contributed by atoms with E-state index in [2.05, 4.69) is 4.98 Å². The standard InChI is InChI=1S/C22H31NO10/c1-3-31-21(29)17(22(30)32-4-2)14(12-6-5-7-23-10-12)8-13(25)9-15-18(26)20(28)19(27)16(11-24)33-15/h5-7,10,14-20,24,26-28H,3-4,8-9,11H2,1-2H3/t14?,15-,16+,18-,19+,20+/m0/s1. The number of Topliss-reactive ketones (excluding diaryl/α,β-unsaturated/α-hetero) is 1. The molecule has 0 aliphatic carbocycles. The van der Waals surface area contributed by atoms with Crippen molar-refractivity contribution in [3.8, 4) is 0 Å². The molecule has 0 spiro atoms. The third-order valence-corrected chi connectivity index (χ3v) is 5.46. The van der Waals surface area contributed by atoms with Crippen LogP contribution in [0.25, 0.3) is 0 Å². The molecule has 4 N–H and O–H groups in total. The highest BCUT2D eigenvalue weighted by Crippen LogP contribution is 2.32. The highest BCUT2D eigenvalue weighted by atomic mass is 16.6. The number of esters is 2. The van der Waals surface area contributed by atoms with Gasteiger partial charge in [-0.1, -0.05) is 6.07 Å². The van der Waals surface area contributed by atoms with Crippen molar-refractivity contribution >= 4 is 17.7 Å². The van der Waals surface area contributed by atoms with Gasteiger partial charge in [-0.15, -0.1) is 0 Å². The summed E-state index contributed by atoms with van der Waals surface area (Å²) in [6.45, 7) is 2.59. The molecule has 184 valence electrons. The summed E-state index contributed by atoms with van der Waals surface area (Å²) in [5.74, 6) is -4.57. The van der Waals surface area contributed by atoms with E-state index in [0.717, 1.165) is 0 Å². The zero-order chi connectivity index (χ0) is 24.5. The molecule has 6 atom stereocenters. The normalized spacial score (nSPS) is 26.0. The maximum atomic E-state index is 13.0. The number of aliphatic hydroxyl groups excluding tert-OH is 4. The van der Waals surface area contributed by atoms with E-state index in [1.165, 1.54) is 12.4 Å². The van der Waals surface area contributed by atoms with Gasteiger partial charge in [-0.3, -0.25) is 19.4 Å². The molecule has 0 radical (unpaired) electrons. The Balaban J connectivity index is 2.28. The molecule has 2 heterocycles. The van der Waals surface area contributed by atoms with Crippen LogP contribution in [-0.4, -0.2) is 93.5 Å². The number of carbonyl (C=O) groups excluding carboxylic acids is 3. The van der Waals surface area contributed by atoms with Crippen LogP contribution >= 0.6 is 0 Å². The van der Waals surface area contributed by atoms with Crippen LogP contribution in [0, 0.1) is 5.92 Å². The van der Waals surface area contributed by atoms with Crippen molar-refractivity contribution < 1.29 is 49.0 Å². The van der Waals surface area contributed by atoms with Crippen molar-refractivity contribution in [3.63, 3.8) is 0 Å². The average molecular weight is 469 g/mol. The van der Waals surface area contributed by atoms with Gasteiger partial charge in [-0.05, 0) is 25.5 Å². The average Bonchev–Trinajstić information content (AvgIpc) is 2.80. The van der Waals surface area contributed by atoms with Crippen LogP contribution in [0.2, 0.25) is 0 Å². The Hall–Kier alpha value is -2.44. The molecule has 2 rings (SSSR count). The van der Waals surface area contributed by atoms with Gasteiger partial charge in [-0.25, -0.2) is 0 Å². The van der Waals surface area contributed by atoms with E-state index in [-0.39, 0.29) is 19.6 Å². The van der Waals surface area contributed by atoms with Crippen molar-refractivity contribution in [2.75, 3.05) is 19.8 Å². The van der Waals surface area contributed by atoms with Crippen LogP contribution in [-0.2, 0) is 28.6 Å². The Morgan fingerprint density at radius 3 is 2.15 bits per heavy atom. The molecule has 11 heteroatoms. The molecule has 0 amide bonds. The maximum Gasteiger partial charge on any atom is 0.320 e. The minimum absolute atomic E-state index is 0.0211. The van der Waals surface area contributed by atoms with Gasteiger partial charge in [0, 0.05) is 31.2 Å². The van der Waals surface area contributed by atoms with Gasteiger partial charge in [0.05, 0.1) is 25.9 Å². The molecular weight excluding hydrogens is 438 g/mol. The summed E-state index contributed by atoms with van der Waals surface area (Å²) in [6, 6.07) is 3.21. The molecule has 33 heavy (non-hydrogen) atoms. The van der Waals surface area contributed by atoms with Crippen LogP contribution < -0.4 is 0 Å². The Morgan fingerprint density at radius 2 is 1.64 bits per heavy atom. The van der Waals surface area contributed by atoms with E-state index in [1.54, 1.807) is 26.0 Å². The first-order valence-corrected chi connectivity index (χ1v) is 10.8. The molecule has 11 nitrogen and oxygen atoms in total. The molecule has 1 aliphatic rings. The minimum atomic E-state index is -1.62. The third kappa shape index (κ3) is 6.78. The minimum Gasteiger partial charge on any atom is -0.465 e. The summed E-state index contributed by atoms with van der Waals surface area (Å²) in [7, 11) is 0. The van der Waals surface area contributed by atoms with Crippen molar-refractivity contribution in [3.05, 3.63) is 30.1 Å². The van der Waals surface area contributed by atoms with Crippen LogP contribution in [0.5, 0.6) is 0 Å². The Bertz CT molecular complexity index is 769. The van der Waals surface area contributed by atoms with E-state index < -0.39 is 73.1 Å². The zero-order valence-corrected chi connectivity index (χ0v) is 18.6. The number of hydrogen-bond acceptors (Lipinski definition) is 11. The predicted octanol–water partition coefficient (Wildman–Crippen LogP) is -0.901. The van der Waals surface area contributed by atoms with Gasteiger partial charge in [0.2, 0.25) is 0 Å². The molecule has 1 aliphatic heterocycles. The number of rotatable bonds is 11. The molecule has 1 aromatic rings. The SMILES string of the molecule is CCOC(=O)C(C(=O)OCC)C(CC(=O)C[C@@H]1O[C@H](CO)[C@@H](O)[C@H](O)[C@H]1O)c1cccnc1. The lowest BCUT2D eigenvalue weighted by molar-refractivity contribution is -0.229. The number of aliphatic hydroxyl groups is 4. The van der Waals surface area contributed by atoms with Crippen molar-refractivity contribution in [1.29, 1.82) is 0 Å². The maximum absolute atomic E-state index is 13.0. The van der Waals surface area contributed by atoms with E-state index in [1.807, 2.05) is 0 Å². The third-order valence-electron chi connectivity index (χ3n) is 5.46. The van der Waals surface area contributed by atoms with Crippen molar-refractivity contribution in [2.24, 2.45) is 5.92 Å². The topological polar surface area (TPSA) is 173 Å². The van der Waals surface area contributed by atoms with Crippen molar-refractivity contribution in [1.82, 2.24) is 4.98 Å². The fraction of sp³-hybridized carbons (Fsp3) is 0.636. The highest BCUT2D eigenvalue weighted by Gasteiger charge is 2.45. The number of nitrogens with zero attached hydrogens (tertiary/aromatic N) is 1. The lowest BCUT2D eigenvalue weighted by atomic mass is 9.81. The quantitative estimate of drug-likeness (QED) is 0.234. The number of ether oxygens (including phenoxy) is 3. The van der Waals surface area contributed by atoms with Gasteiger partial charge in [-0.2, -0.15) is 0 Å². The Morgan fingerprint density at radius 1 is 1.03 bits per heavy atom. The van der Waals surface area contributed by atoms with Gasteiger partial charge < -0.3 is 34.6 Å². The van der Waals surface area contributed by atoms with Crippen LogP contribution in [0.3, 0.4) is 0 Å². The molecule has 0 saturated carbocycles. The summed E-state index contributed by atoms with van der Waals surface area (Å²) in [6.07, 6.45) is -4.87. The lowest BCUT2D eigenvalue weighted by Gasteiger charge is -2.40. The van der Waals surface area contributed by atoms with Gasteiger partial charge in [0.1, 0.15) is 30.2 Å². The van der Waals surface area contributed by atoms with Gasteiger partial charge in [0.15, 0.2) is 5.92 Å². The lowest BCUT2D eigenvalue weighted by Crippen LogP contribution is -2.58. The second-order valence-electron chi connectivity index (χ2n) is 7.69. The monoisotopic (exact) mass is 469 g/mol. The first-order chi connectivity index (χ1) is 15.7. The van der Waals surface area contributed by atoms with Gasteiger partial charge in [0.25, 0.3) is 0 Å². The summed E-state index contributed by atoms with van der Waals surface area (Å²) in [5.41, 5.74) is 0.436. The highest BCUT2D eigenvalue weighted by molar-refractivity contribution is 5.97. The molecular formula is C22H31NO10. The smallest absolute Gasteiger partial charge is 0.320 e.